The number of hydrogen-bond acceptors (Lipinski definition) is 4. The van der Waals surface area contributed by atoms with Gasteiger partial charge in [-0.2, -0.15) is 0 Å². The Balaban J connectivity index is 1.91. The summed E-state index contributed by atoms with van der Waals surface area (Å²) >= 11 is 1.48. The summed E-state index contributed by atoms with van der Waals surface area (Å²) in [5, 5.41) is 3.43. The van der Waals surface area contributed by atoms with Crippen LogP contribution in [0.15, 0.2) is 30.3 Å². The molecule has 0 aliphatic heterocycles. The SMILES string of the molecule is Cc1cc(C)c2nc(NC(=O)c3cccc(C)n3)sc2c1. The van der Waals surface area contributed by atoms with E-state index < -0.39 is 0 Å². The number of pyridine rings is 1. The summed E-state index contributed by atoms with van der Waals surface area (Å²) in [5.41, 5.74) is 4.48. The van der Waals surface area contributed by atoms with Crippen LogP contribution in [0.1, 0.15) is 27.3 Å². The van der Waals surface area contributed by atoms with Crippen molar-refractivity contribution in [1.29, 1.82) is 0 Å². The molecule has 21 heavy (non-hydrogen) atoms. The van der Waals surface area contributed by atoms with Crippen molar-refractivity contribution >= 4 is 32.6 Å². The summed E-state index contributed by atoms with van der Waals surface area (Å²) < 4.78 is 1.08. The summed E-state index contributed by atoms with van der Waals surface area (Å²) in [6, 6.07) is 9.56. The molecule has 3 rings (SSSR count). The van der Waals surface area contributed by atoms with Crippen LogP contribution < -0.4 is 5.32 Å². The van der Waals surface area contributed by atoms with Gasteiger partial charge in [0, 0.05) is 5.69 Å². The molecule has 5 heteroatoms. The van der Waals surface area contributed by atoms with Gasteiger partial charge in [0.25, 0.3) is 5.91 Å². The van der Waals surface area contributed by atoms with Crippen LogP contribution in [-0.2, 0) is 0 Å². The van der Waals surface area contributed by atoms with E-state index in [9.17, 15) is 4.79 Å². The van der Waals surface area contributed by atoms with Crippen LogP contribution in [-0.4, -0.2) is 15.9 Å². The highest BCUT2D eigenvalue weighted by Gasteiger charge is 2.12. The highest BCUT2D eigenvalue weighted by molar-refractivity contribution is 7.22. The second kappa shape index (κ2) is 5.26. The van der Waals surface area contributed by atoms with Crippen molar-refractivity contribution in [3.8, 4) is 0 Å². The summed E-state index contributed by atoms with van der Waals surface area (Å²) in [5.74, 6) is -0.230. The average molecular weight is 297 g/mol. The fraction of sp³-hybridized carbons (Fsp3) is 0.188. The minimum atomic E-state index is -0.230. The number of amides is 1. The van der Waals surface area contributed by atoms with Crippen molar-refractivity contribution in [3.63, 3.8) is 0 Å². The van der Waals surface area contributed by atoms with Crippen molar-refractivity contribution in [2.45, 2.75) is 20.8 Å². The molecule has 4 nitrogen and oxygen atoms in total. The van der Waals surface area contributed by atoms with Crippen molar-refractivity contribution in [2.75, 3.05) is 5.32 Å². The Hall–Kier alpha value is -2.27. The molecule has 3 aromatic rings. The first kappa shape index (κ1) is 13.7. The molecule has 0 fully saturated rings. The van der Waals surface area contributed by atoms with E-state index in [1.54, 1.807) is 6.07 Å². The van der Waals surface area contributed by atoms with Crippen LogP contribution in [0.2, 0.25) is 0 Å². The summed E-state index contributed by atoms with van der Waals surface area (Å²) in [7, 11) is 0. The van der Waals surface area contributed by atoms with Gasteiger partial charge < -0.3 is 0 Å². The minimum Gasteiger partial charge on any atom is -0.296 e. The van der Waals surface area contributed by atoms with Gasteiger partial charge in [0.2, 0.25) is 0 Å². The first-order valence-corrected chi connectivity index (χ1v) is 7.47. The van der Waals surface area contributed by atoms with Crippen LogP contribution in [0, 0.1) is 20.8 Å². The van der Waals surface area contributed by atoms with Gasteiger partial charge in [-0.1, -0.05) is 23.5 Å². The Morgan fingerprint density at radius 3 is 2.71 bits per heavy atom. The lowest BCUT2D eigenvalue weighted by molar-refractivity contribution is 0.102. The van der Waals surface area contributed by atoms with Crippen LogP contribution in [0.25, 0.3) is 10.2 Å². The Morgan fingerprint density at radius 2 is 1.95 bits per heavy atom. The van der Waals surface area contributed by atoms with E-state index >= 15 is 0 Å². The molecule has 0 saturated heterocycles. The van der Waals surface area contributed by atoms with E-state index in [0.29, 0.717) is 10.8 Å². The molecule has 1 aromatic carbocycles. The molecule has 0 saturated carbocycles. The lowest BCUT2D eigenvalue weighted by atomic mass is 10.1. The zero-order valence-corrected chi connectivity index (χ0v) is 12.9. The summed E-state index contributed by atoms with van der Waals surface area (Å²) in [4.78, 5) is 20.9. The lowest BCUT2D eigenvalue weighted by Gasteiger charge is -2.01. The Kier molecular flexibility index (Phi) is 3.43. The number of hydrogen-bond donors (Lipinski definition) is 1. The lowest BCUT2D eigenvalue weighted by Crippen LogP contribution is -2.13. The van der Waals surface area contributed by atoms with E-state index in [1.165, 1.54) is 16.9 Å². The third-order valence-corrected chi connectivity index (χ3v) is 4.09. The maximum absolute atomic E-state index is 12.2. The Labute approximate surface area is 126 Å². The number of anilines is 1. The average Bonchev–Trinajstić information content (AvgIpc) is 2.81. The van der Waals surface area contributed by atoms with E-state index in [1.807, 2.05) is 26.0 Å². The number of rotatable bonds is 2. The predicted molar refractivity (Wildman–Crippen MR) is 86.0 cm³/mol. The van der Waals surface area contributed by atoms with Gasteiger partial charge in [0.1, 0.15) is 5.69 Å². The summed E-state index contributed by atoms with van der Waals surface area (Å²) in [6.07, 6.45) is 0. The fourth-order valence-electron chi connectivity index (χ4n) is 2.25. The molecule has 2 aromatic heterocycles. The first-order valence-electron chi connectivity index (χ1n) is 6.66. The van der Waals surface area contributed by atoms with E-state index in [0.717, 1.165) is 21.5 Å². The molecule has 106 valence electrons. The number of fused-ring (bicyclic) bond motifs is 1. The quantitative estimate of drug-likeness (QED) is 0.781. The largest absolute Gasteiger partial charge is 0.296 e. The molecule has 0 radical (unpaired) electrons. The number of benzene rings is 1. The molecule has 0 atom stereocenters. The Morgan fingerprint density at radius 1 is 1.14 bits per heavy atom. The molecule has 0 spiro atoms. The van der Waals surface area contributed by atoms with Crippen LogP contribution in [0.5, 0.6) is 0 Å². The number of carbonyl (C=O) groups excluding carboxylic acids is 1. The summed E-state index contributed by atoms with van der Waals surface area (Å²) in [6.45, 7) is 5.95. The third-order valence-electron chi connectivity index (χ3n) is 3.17. The monoisotopic (exact) mass is 297 g/mol. The van der Waals surface area contributed by atoms with Gasteiger partial charge in [-0.05, 0) is 50.1 Å². The van der Waals surface area contributed by atoms with Crippen LogP contribution in [0.3, 0.4) is 0 Å². The standard InChI is InChI=1S/C16H15N3OS/c1-9-7-10(2)14-13(8-9)21-16(18-14)19-15(20)12-6-4-5-11(3)17-12/h4-8H,1-3H3,(H,18,19,20). The molecule has 2 heterocycles. The van der Waals surface area contributed by atoms with Gasteiger partial charge in [-0.25, -0.2) is 9.97 Å². The van der Waals surface area contributed by atoms with E-state index in [4.69, 9.17) is 0 Å². The second-order valence-corrected chi connectivity index (χ2v) is 6.10. The normalized spacial score (nSPS) is 10.8. The maximum Gasteiger partial charge on any atom is 0.276 e. The highest BCUT2D eigenvalue weighted by atomic mass is 32.1. The van der Waals surface area contributed by atoms with Gasteiger partial charge in [-0.15, -0.1) is 0 Å². The second-order valence-electron chi connectivity index (χ2n) is 5.07. The van der Waals surface area contributed by atoms with Crippen molar-refractivity contribution in [3.05, 3.63) is 52.8 Å². The number of aromatic nitrogens is 2. The molecule has 1 N–H and O–H groups in total. The highest BCUT2D eigenvalue weighted by Crippen LogP contribution is 2.29. The maximum atomic E-state index is 12.2. The van der Waals surface area contributed by atoms with Crippen molar-refractivity contribution in [2.24, 2.45) is 0 Å². The van der Waals surface area contributed by atoms with Crippen molar-refractivity contribution < 1.29 is 4.79 Å². The number of nitrogens with one attached hydrogen (secondary N) is 1. The molecular formula is C16H15N3OS. The van der Waals surface area contributed by atoms with E-state index in [2.05, 4.69) is 34.3 Å². The zero-order valence-electron chi connectivity index (χ0n) is 12.1. The van der Waals surface area contributed by atoms with Gasteiger partial charge >= 0.3 is 0 Å². The van der Waals surface area contributed by atoms with Gasteiger partial charge in [0.15, 0.2) is 5.13 Å². The van der Waals surface area contributed by atoms with Crippen LogP contribution in [0.4, 0.5) is 5.13 Å². The zero-order chi connectivity index (χ0) is 15.0. The van der Waals surface area contributed by atoms with Crippen molar-refractivity contribution in [1.82, 2.24) is 9.97 Å². The topological polar surface area (TPSA) is 54.9 Å². The van der Waals surface area contributed by atoms with E-state index in [-0.39, 0.29) is 5.91 Å². The molecule has 0 aliphatic rings. The smallest absolute Gasteiger partial charge is 0.276 e. The van der Waals surface area contributed by atoms with Crippen LogP contribution >= 0.6 is 11.3 Å². The molecule has 1 amide bonds. The molecular weight excluding hydrogens is 282 g/mol. The third kappa shape index (κ3) is 2.78. The number of aryl methyl sites for hydroxylation is 3. The minimum absolute atomic E-state index is 0.230. The predicted octanol–water partition coefficient (Wildman–Crippen LogP) is 3.87. The molecule has 0 aliphatic carbocycles. The number of carbonyl (C=O) groups is 1. The fourth-order valence-corrected chi connectivity index (χ4v) is 3.29. The Bertz CT molecular complexity index is 839. The number of thiazole rings is 1. The molecule has 0 bridgehead atoms. The first-order chi connectivity index (χ1) is 10.0. The van der Waals surface area contributed by atoms with Gasteiger partial charge in [-0.3, -0.25) is 10.1 Å². The molecule has 0 unspecified atom stereocenters. The van der Waals surface area contributed by atoms with Gasteiger partial charge in [0.05, 0.1) is 10.2 Å². The number of nitrogens with zero attached hydrogens (tertiary/aromatic N) is 2.